The van der Waals surface area contributed by atoms with E-state index in [1.54, 1.807) is 12.1 Å². The number of fused-ring (bicyclic) bond motifs is 2. The first-order chi connectivity index (χ1) is 15.5. The Morgan fingerprint density at radius 1 is 0.559 bits per heavy atom. The summed E-state index contributed by atoms with van der Waals surface area (Å²) in [5.41, 5.74) is 0. The van der Waals surface area contributed by atoms with Crippen molar-refractivity contribution in [1.29, 1.82) is 0 Å². The van der Waals surface area contributed by atoms with Crippen LogP contribution in [0.1, 0.15) is 0 Å². The largest absolute Gasteiger partial charge is 0.224 e. The Balaban J connectivity index is 2.07. The Kier molecular flexibility index (Phi) is 5.80. The molecule has 0 aromatic heterocycles. The zero-order valence-electron chi connectivity index (χ0n) is 18.1. The predicted octanol–water partition coefficient (Wildman–Crippen LogP) is 2.14. The van der Waals surface area contributed by atoms with Crippen LogP contribution in [0.4, 0.5) is 0 Å². The molecule has 180 valence electrons. The highest BCUT2D eigenvalue weighted by atomic mass is 32.2. The molecule has 13 heteroatoms. The van der Waals surface area contributed by atoms with Crippen LogP contribution in [-0.2, 0) is 50.2 Å². The molecule has 1 aliphatic rings. The number of benzene rings is 3. The van der Waals surface area contributed by atoms with Crippen LogP contribution >= 0.6 is 0 Å². The SMILES string of the molecule is CS(=O)(=O)c1ccc([S+]2c3ccc(S(C)(=O)=O)cc3S(=O)(=O)c3cc(S(C)(=O)=O)ccc32)cc1. The van der Waals surface area contributed by atoms with Crippen molar-refractivity contribution in [1.82, 2.24) is 0 Å². The van der Waals surface area contributed by atoms with Crippen molar-refractivity contribution in [2.45, 2.75) is 39.2 Å². The van der Waals surface area contributed by atoms with Crippen molar-refractivity contribution in [3.05, 3.63) is 60.7 Å². The van der Waals surface area contributed by atoms with E-state index in [0.29, 0.717) is 14.7 Å². The summed E-state index contributed by atoms with van der Waals surface area (Å²) in [6.45, 7) is 0. The van der Waals surface area contributed by atoms with Crippen molar-refractivity contribution in [2.24, 2.45) is 0 Å². The van der Waals surface area contributed by atoms with Crippen molar-refractivity contribution in [3.8, 4) is 0 Å². The lowest BCUT2D eigenvalue weighted by Crippen LogP contribution is -2.21. The summed E-state index contributed by atoms with van der Waals surface area (Å²) >= 11 is 0. The Morgan fingerprint density at radius 2 is 0.912 bits per heavy atom. The van der Waals surface area contributed by atoms with Crippen LogP contribution in [0.25, 0.3) is 0 Å². The van der Waals surface area contributed by atoms with E-state index in [2.05, 4.69) is 0 Å². The third-order valence-electron chi connectivity index (χ3n) is 5.19. The molecule has 0 aliphatic carbocycles. The normalized spacial score (nSPS) is 16.0. The van der Waals surface area contributed by atoms with Crippen molar-refractivity contribution in [3.63, 3.8) is 0 Å². The van der Waals surface area contributed by atoms with Crippen LogP contribution < -0.4 is 0 Å². The van der Waals surface area contributed by atoms with Gasteiger partial charge in [0.2, 0.25) is 9.84 Å². The molecule has 4 rings (SSSR count). The van der Waals surface area contributed by atoms with Gasteiger partial charge in [-0.2, -0.15) is 0 Å². The lowest BCUT2D eigenvalue weighted by Gasteiger charge is -2.21. The molecule has 34 heavy (non-hydrogen) atoms. The molecular formula is C21H19O8S5+. The van der Waals surface area contributed by atoms with Gasteiger partial charge in [-0.3, -0.25) is 0 Å². The number of hydrogen-bond donors (Lipinski definition) is 0. The van der Waals surface area contributed by atoms with E-state index in [9.17, 15) is 33.7 Å². The average Bonchev–Trinajstić information content (AvgIpc) is 2.72. The van der Waals surface area contributed by atoms with Gasteiger partial charge in [0.1, 0.15) is 20.7 Å². The maximum absolute atomic E-state index is 13.6. The molecule has 0 atom stereocenters. The standard InChI is InChI=1S/C21H19O8S5/c1-31(22,23)15-6-4-14(5-7-15)30-18-10-8-16(32(2,24)25)12-20(18)34(28,29)21-13-17(33(3,26)27)9-11-19(21)30/h4-13H,1-3H3/q+1. The minimum atomic E-state index is -4.26. The summed E-state index contributed by atoms with van der Waals surface area (Å²) in [6.07, 6.45) is 2.99. The second-order valence-corrected chi connectivity index (χ2v) is 17.7. The average molecular weight is 560 g/mol. The highest BCUT2D eigenvalue weighted by molar-refractivity contribution is 8.00. The van der Waals surface area contributed by atoms with E-state index < -0.39 is 50.2 Å². The molecule has 0 fully saturated rings. The fourth-order valence-corrected chi connectivity index (χ4v) is 10.3. The van der Waals surface area contributed by atoms with Gasteiger partial charge in [0.25, 0.3) is 0 Å². The van der Waals surface area contributed by atoms with Crippen molar-refractivity contribution in [2.75, 3.05) is 18.8 Å². The molecule has 3 aromatic carbocycles. The number of rotatable bonds is 4. The van der Waals surface area contributed by atoms with Gasteiger partial charge in [0, 0.05) is 18.8 Å². The van der Waals surface area contributed by atoms with Gasteiger partial charge in [0.15, 0.2) is 44.2 Å². The fourth-order valence-electron chi connectivity index (χ4n) is 3.51. The maximum Gasteiger partial charge on any atom is 0.216 e. The van der Waals surface area contributed by atoms with Gasteiger partial charge >= 0.3 is 0 Å². The molecular weight excluding hydrogens is 541 g/mol. The van der Waals surface area contributed by atoms with Crippen molar-refractivity contribution < 1.29 is 33.7 Å². The van der Waals surface area contributed by atoms with Gasteiger partial charge in [-0.15, -0.1) is 0 Å². The fraction of sp³-hybridized carbons (Fsp3) is 0.143. The summed E-state index contributed by atoms with van der Waals surface area (Å²) in [5, 5.41) is 0. The number of sulfone groups is 4. The lowest BCUT2D eigenvalue weighted by atomic mass is 10.3. The van der Waals surface area contributed by atoms with E-state index in [1.165, 1.54) is 36.4 Å². The van der Waals surface area contributed by atoms with Gasteiger partial charge in [0.05, 0.1) is 14.7 Å². The molecule has 0 spiro atoms. The zero-order valence-corrected chi connectivity index (χ0v) is 22.2. The topological polar surface area (TPSA) is 137 Å². The van der Waals surface area contributed by atoms with Gasteiger partial charge in [-0.25, -0.2) is 33.7 Å². The molecule has 1 aliphatic heterocycles. The minimum Gasteiger partial charge on any atom is -0.224 e. The molecule has 0 saturated carbocycles. The summed E-state index contributed by atoms with van der Waals surface area (Å²) in [7, 11) is -16.2. The third kappa shape index (κ3) is 4.31. The van der Waals surface area contributed by atoms with Gasteiger partial charge < -0.3 is 0 Å². The van der Waals surface area contributed by atoms with E-state index in [-0.39, 0.29) is 24.5 Å². The Morgan fingerprint density at radius 3 is 1.26 bits per heavy atom. The molecule has 0 saturated heterocycles. The van der Waals surface area contributed by atoms with Crippen LogP contribution in [0.15, 0.2) is 99.8 Å². The third-order valence-corrected chi connectivity index (χ3v) is 13.0. The minimum absolute atomic E-state index is 0.0878. The first kappa shape index (κ1) is 24.9. The smallest absolute Gasteiger partial charge is 0.216 e. The molecule has 0 bridgehead atoms. The summed E-state index contributed by atoms with van der Waals surface area (Å²) in [6, 6.07) is 13.6. The van der Waals surface area contributed by atoms with Crippen LogP contribution in [0, 0.1) is 0 Å². The highest BCUT2D eigenvalue weighted by Crippen LogP contribution is 2.46. The predicted molar refractivity (Wildman–Crippen MR) is 126 cm³/mol. The summed E-state index contributed by atoms with van der Waals surface area (Å²) in [5.74, 6) is 0. The molecule has 0 unspecified atom stereocenters. The Hall–Kier alpha value is -2.19. The van der Waals surface area contributed by atoms with Crippen molar-refractivity contribution >= 4 is 50.2 Å². The molecule has 3 aromatic rings. The van der Waals surface area contributed by atoms with Gasteiger partial charge in [-0.05, 0) is 60.7 Å². The number of hydrogen-bond acceptors (Lipinski definition) is 8. The molecule has 1 heterocycles. The first-order valence-corrected chi connectivity index (χ1v) is 17.9. The van der Waals surface area contributed by atoms with Crippen LogP contribution in [0.5, 0.6) is 0 Å². The molecule has 0 amide bonds. The first-order valence-electron chi connectivity index (χ1n) is 9.49. The molecule has 8 nitrogen and oxygen atoms in total. The zero-order chi connectivity index (χ0) is 25.3. The summed E-state index contributed by atoms with van der Waals surface area (Å²) < 4.78 is 99.3. The maximum atomic E-state index is 13.6. The van der Waals surface area contributed by atoms with E-state index in [1.807, 2.05) is 0 Å². The van der Waals surface area contributed by atoms with Crippen LogP contribution in [0.3, 0.4) is 0 Å². The summed E-state index contributed by atoms with van der Waals surface area (Å²) in [4.78, 5) is 0.502. The second-order valence-electron chi connectivity index (χ2n) is 7.81. The lowest BCUT2D eigenvalue weighted by molar-refractivity contribution is 0.588. The van der Waals surface area contributed by atoms with Crippen LogP contribution in [0.2, 0.25) is 0 Å². The van der Waals surface area contributed by atoms with E-state index >= 15 is 0 Å². The monoisotopic (exact) mass is 559 g/mol. The van der Waals surface area contributed by atoms with Gasteiger partial charge in [-0.1, -0.05) is 0 Å². The quantitative estimate of drug-likeness (QED) is 0.347. The second kappa shape index (κ2) is 7.92. The van der Waals surface area contributed by atoms with E-state index in [0.717, 1.165) is 30.9 Å². The Bertz CT molecular complexity index is 1680. The molecule has 0 N–H and O–H groups in total. The van der Waals surface area contributed by atoms with E-state index in [4.69, 9.17) is 0 Å². The molecule has 0 radical (unpaired) electrons. The highest BCUT2D eigenvalue weighted by Gasteiger charge is 2.46. The van der Waals surface area contributed by atoms with Crippen LogP contribution in [-0.4, -0.2) is 52.4 Å². The Labute approximate surface area is 201 Å².